The molecule has 6 rings (SSSR count). The summed E-state index contributed by atoms with van der Waals surface area (Å²) in [6.07, 6.45) is 9.35. The molecule has 3 aromatic heterocycles. The Kier molecular flexibility index (Phi) is 4.75. The summed E-state index contributed by atoms with van der Waals surface area (Å²) in [6.45, 7) is 4.14. The maximum absolute atomic E-state index is 12.7. The Morgan fingerprint density at radius 3 is 2.80 bits per heavy atom. The van der Waals surface area contributed by atoms with Gasteiger partial charge in [0.15, 0.2) is 10.8 Å². The van der Waals surface area contributed by atoms with Crippen LogP contribution < -0.4 is 0 Å². The molecule has 1 saturated carbocycles. The fourth-order valence-electron chi connectivity index (χ4n) is 4.91. The number of amides is 1. The molecule has 1 amide bonds. The molecule has 3 aromatic rings. The number of fused-ring (bicyclic) bond motifs is 5. The molecule has 2 fully saturated rings. The van der Waals surface area contributed by atoms with Crippen molar-refractivity contribution in [3.05, 3.63) is 16.3 Å². The average molecular weight is 442 g/mol. The highest BCUT2D eigenvalue weighted by Crippen LogP contribution is 2.44. The number of carbonyl (C=O) groups is 1. The molecule has 1 atom stereocenters. The van der Waals surface area contributed by atoms with Gasteiger partial charge in [-0.25, -0.2) is 4.98 Å². The summed E-state index contributed by atoms with van der Waals surface area (Å²) in [5, 5.41) is 11.2. The molecule has 1 unspecified atom stereocenters. The van der Waals surface area contributed by atoms with Crippen molar-refractivity contribution in [1.29, 1.82) is 0 Å². The fourth-order valence-corrected chi connectivity index (χ4v) is 7.14. The van der Waals surface area contributed by atoms with Crippen molar-refractivity contribution in [2.24, 2.45) is 5.92 Å². The smallest absolute Gasteiger partial charge is 0.233 e. The van der Waals surface area contributed by atoms with E-state index in [1.165, 1.54) is 53.3 Å². The van der Waals surface area contributed by atoms with Gasteiger partial charge in [0, 0.05) is 23.9 Å². The van der Waals surface area contributed by atoms with Crippen LogP contribution in [0.25, 0.3) is 15.9 Å². The predicted octanol–water partition coefficient (Wildman–Crippen LogP) is 4.45. The summed E-state index contributed by atoms with van der Waals surface area (Å²) in [4.78, 5) is 22.5. The molecule has 2 aliphatic carbocycles. The SMILES string of the molecule is CC1CCc2c(sc3nc(C4CC4)n4c(SCC(=O)N5CCCCC5)nnc4c23)C1. The first-order valence-electron chi connectivity index (χ1n) is 11.3. The summed E-state index contributed by atoms with van der Waals surface area (Å²) in [6, 6.07) is 0. The fraction of sp³-hybridized carbons (Fsp3) is 0.636. The second-order valence-corrected chi connectivity index (χ2v) is 11.2. The number of likely N-dealkylation sites (tertiary alicyclic amines) is 1. The van der Waals surface area contributed by atoms with Crippen LogP contribution in [0.4, 0.5) is 0 Å². The number of hydrogen-bond acceptors (Lipinski definition) is 6. The number of piperidine rings is 1. The first-order valence-corrected chi connectivity index (χ1v) is 13.1. The van der Waals surface area contributed by atoms with Gasteiger partial charge < -0.3 is 4.90 Å². The molecule has 8 heteroatoms. The first kappa shape index (κ1) is 19.0. The second-order valence-electron chi connectivity index (χ2n) is 9.15. The number of nitrogens with zero attached hydrogens (tertiary/aromatic N) is 5. The van der Waals surface area contributed by atoms with E-state index in [-0.39, 0.29) is 5.91 Å². The van der Waals surface area contributed by atoms with Crippen LogP contribution in [0.2, 0.25) is 0 Å². The van der Waals surface area contributed by atoms with Gasteiger partial charge in [-0.1, -0.05) is 18.7 Å². The highest BCUT2D eigenvalue weighted by molar-refractivity contribution is 7.99. The van der Waals surface area contributed by atoms with Gasteiger partial charge in [-0.2, -0.15) is 0 Å². The normalized spacial score (nSPS) is 22.0. The molecule has 0 N–H and O–H groups in total. The zero-order valence-electron chi connectivity index (χ0n) is 17.4. The van der Waals surface area contributed by atoms with E-state index in [1.807, 2.05) is 16.2 Å². The van der Waals surface area contributed by atoms with Crippen LogP contribution in [0.5, 0.6) is 0 Å². The van der Waals surface area contributed by atoms with Crippen molar-refractivity contribution < 1.29 is 4.79 Å². The van der Waals surface area contributed by atoms with Crippen molar-refractivity contribution in [3.63, 3.8) is 0 Å². The summed E-state index contributed by atoms with van der Waals surface area (Å²) in [5.74, 6) is 3.00. The molecule has 4 heterocycles. The second kappa shape index (κ2) is 7.48. The van der Waals surface area contributed by atoms with Gasteiger partial charge in [-0.15, -0.1) is 21.5 Å². The summed E-state index contributed by atoms with van der Waals surface area (Å²) >= 11 is 3.39. The van der Waals surface area contributed by atoms with Crippen molar-refractivity contribution in [1.82, 2.24) is 24.5 Å². The minimum Gasteiger partial charge on any atom is -0.342 e. The largest absolute Gasteiger partial charge is 0.342 e. The molecular weight excluding hydrogens is 414 g/mol. The number of rotatable bonds is 4. The number of thiophene rings is 1. The van der Waals surface area contributed by atoms with Crippen molar-refractivity contribution in [2.45, 2.75) is 69.4 Å². The lowest BCUT2D eigenvalue weighted by molar-refractivity contribution is -0.129. The van der Waals surface area contributed by atoms with E-state index >= 15 is 0 Å². The highest BCUT2D eigenvalue weighted by Gasteiger charge is 2.32. The minimum atomic E-state index is 0.223. The number of thioether (sulfide) groups is 1. The Hall–Kier alpha value is -1.67. The summed E-state index contributed by atoms with van der Waals surface area (Å²) in [7, 11) is 0. The van der Waals surface area contributed by atoms with Gasteiger partial charge in [0.1, 0.15) is 10.7 Å². The van der Waals surface area contributed by atoms with Crippen LogP contribution in [0.15, 0.2) is 5.16 Å². The maximum Gasteiger partial charge on any atom is 0.233 e. The molecule has 158 valence electrons. The van der Waals surface area contributed by atoms with Crippen LogP contribution in [0.1, 0.15) is 67.6 Å². The molecule has 0 aromatic carbocycles. The van der Waals surface area contributed by atoms with E-state index < -0.39 is 0 Å². The average Bonchev–Trinajstić information content (AvgIpc) is 3.42. The number of aryl methyl sites for hydroxylation is 1. The molecule has 1 saturated heterocycles. The molecular formula is C22H27N5OS2. The van der Waals surface area contributed by atoms with Gasteiger partial charge in [0.2, 0.25) is 5.91 Å². The third-order valence-corrected chi connectivity index (χ3v) is 8.83. The van der Waals surface area contributed by atoms with E-state index in [0.717, 1.165) is 66.1 Å². The van der Waals surface area contributed by atoms with Crippen LogP contribution in [-0.2, 0) is 17.6 Å². The Morgan fingerprint density at radius 2 is 2.00 bits per heavy atom. The van der Waals surface area contributed by atoms with Gasteiger partial charge in [0.25, 0.3) is 0 Å². The number of carbonyl (C=O) groups excluding carboxylic acids is 1. The Morgan fingerprint density at radius 1 is 1.17 bits per heavy atom. The maximum atomic E-state index is 12.7. The monoisotopic (exact) mass is 441 g/mol. The van der Waals surface area contributed by atoms with Crippen molar-refractivity contribution in [2.75, 3.05) is 18.8 Å². The van der Waals surface area contributed by atoms with Crippen LogP contribution in [-0.4, -0.2) is 49.2 Å². The molecule has 0 radical (unpaired) electrons. The van der Waals surface area contributed by atoms with E-state index in [2.05, 4.69) is 21.5 Å². The topological polar surface area (TPSA) is 63.4 Å². The minimum absolute atomic E-state index is 0.223. The summed E-state index contributed by atoms with van der Waals surface area (Å²) in [5.41, 5.74) is 2.41. The Bertz CT molecular complexity index is 1130. The lowest BCUT2D eigenvalue weighted by Gasteiger charge is -2.26. The lowest BCUT2D eigenvalue weighted by atomic mass is 9.89. The number of aromatic nitrogens is 4. The molecule has 1 aliphatic heterocycles. The van der Waals surface area contributed by atoms with E-state index in [1.54, 1.807) is 0 Å². The van der Waals surface area contributed by atoms with Crippen molar-refractivity contribution in [3.8, 4) is 0 Å². The Labute approximate surface area is 184 Å². The van der Waals surface area contributed by atoms with Crippen molar-refractivity contribution >= 4 is 44.9 Å². The zero-order chi connectivity index (χ0) is 20.2. The lowest BCUT2D eigenvalue weighted by Crippen LogP contribution is -2.36. The van der Waals surface area contributed by atoms with Gasteiger partial charge >= 0.3 is 0 Å². The standard InChI is InChI=1S/C22H27N5OS2/c1-13-5-8-15-16(11-13)30-21-18(15)20-24-25-22(27(20)19(23-21)14-6-7-14)29-12-17(28)26-9-3-2-4-10-26/h13-14H,2-12H2,1H3. The van der Waals surface area contributed by atoms with Crippen LogP contribution in [0.3, 0.4) is 0 Å². The Balaban J connectivity index is 1.38. The van der Waals surface area contributed by atoms with E-state index in [4.69, 9.17) is 4.98 Å². The molecule has 0 spiro atoms. The molecule has 30 heavy (non-hydrogen) atoms. The van der Waals surface area contributed by atoms with Crippen LogP contribution >= 0.6 is 23.1 Å². The number of hydrogen-bond donors (Lipinski definition) is 0. The van der Waals surface area contributed by atoms with Crippen LogP contribution in [0, 0.1) is 5.92 Å². The van der Waals surface area contributed by atoms with Gasteiger partial charge in [-0.3, -0.25) is 9.20 Å². The van der Waals surface area contributed by atoms with E-state index in [9.17, 15) is 4.79 Å². The third-order valence-electron chi connectivity index (χ3n) is 6.77. The van der Waals surface area contributed by atoms with Gasteiger partial charge in [0.05, 0.1) is 11.1 Å². The van der Waals surface area contributed by atoms with E-state index in [0.29, 0.717) is 11.7 Å². The van der Waals surface area contributed by atoms with Gasteiger partial charge in [-0.05, 0) is 62.8 Å². The zero-order valence-corrected chi connectivity index (χ0v) is 19.0. The first-order chi connectivity index (χ1) is 14.7. The molecule has 3 aliphatic rings. The highest BCUT2D eigenvalue weighted by atomic mass is 32.2. The third kappa shape index (κ3) is 3.23. The predicted molar refractivity (Wildman–Crippen MR) is 120 cm³/mol. The summed E-state index contributed by atoms with van der Waals surface area (Å²) < 4.78 is 2.18. The molecule has 6 nitrogen and oxygen atoms in total. The quantitative estimate of drug-likeness (QED) is 0.560. The molecule has 0 bridgehead atoms.